The third kappa shape index (κ3) is 5.19. The lowest BCUT2D eigenvalue weighted by Gasteiger charge is -2.35. The maximum absolute atomic E-state index is 11.1. The van der Waals surface area contributed by atoms with Crippen molar-refractivity contribution in [1.82, 2.24) is 5.32 Å². The maximum Gasteiger partial charge on any atom is 0.330 e. The molecule has 0 heterocycles. The minimum Gasteiger partial charge on any atom is -0.463 e. The summed E-state index contributed by atoms with van der Waals surface area (Å²) in [5.41, 5.74) is 0.0516. The summed E-state index contributed by atoms with van der Waals surface area (Å²) >= 11 is 0. The number of aliphatic hydroxyl groups excluding tert-OH is 1. The molecule has 0 unspecified atom stereocenters. The van der Waals surface area contributed by atoms with Gasteiger partial charge >= 0.3 is 5.97 Å². The molecule has 0 bridgehead atoms. The average Bonchev–Trinajstić information content (AvgIpc) is 2.40. The van der Waals surface area contributed by atoms with E-state index in [0.29, 0.717) is 13.2 Å². The van der Waals surface area contributed by atoms with Gasteiger partial charge in [-0.05, 0) is 19.8 Å². The summed E-state index contributed by atoms with van der Waals surface area (Å²) in [6, 6.07) is 0. The molecule has 0 atom stereocenters. The molecule has 0 radical (unpaired) electrons. The summed E-state index contributed by atoms with van der Waals surface area (Å²) in [4.78, 5) is 11.1. The van der Waals surface area contributed by atoms with Gasteiger partial charge in [0.25, 0.3) is 0 Å². The van der Waals surface area contributed by atoms with E-state index in [4.69, 9.17) is 4.74 Å². The van der Waals surface area contributed by atoms with E-state index in [2.05, 4.69) is 5.32 Å². The van der Waals surface area contributed by atoms with E-state index >= 15 is 0 Å². The van der Waals surface area contributed by atoms with Crippen molar-refractivity contribution in [1.29, 1.82) is 0 Å². The molecule has 4 nitrogen and oxygen atoms in total. The van der Waals surface area contributed by atoms with Crippen LogP contribution in [0.3, 0.4) is 0 Å². The van der Waals surface area contributed by atoms with Crippen LogP contribution in [0, 0.1) is 5.41 Å². The number of aliphatic hydroxyl groups is 1. The van der Waals surface area contributed by atoms with Crippen molar-refractivity contribution in [3.8, 4) is 0 Å². The first-order valence-corrected chi connectivity index (χ1v) is 6.87. The second-order valence-corrected chi connectivity index (χ2v) is 5.00. The molecule has 4 heteroatoms. The van der Waals surface area contributed by atoms with Crippen LogP contribution in [0.25, 0.3) is 0 Å². The fourth-order valence-electron chi connectivity index (χ4n) is 2.46. The summed E-state index contributed by atoms with van der Waals surface area (Å²) in [5.74, 6) is -0.297. The quantitative estimate of drug-likeness (QED) is 0.412. The summed E-state index contributed by atoms with van der Waals surface area (Å²) in [5, 5.41) is 12.8. The van der Waals surface area contributed by atoms with E-state index in [1.54, 1.807) is 13.0 Å². The van der Waals surface area contributed by atoms with E-state index in [0.717, 1.165) is 19.4 Å². The Hall–Kier alpha value is -0.870. The van der Waals surface area contributed by atoms with Gasteiger partial charge in [-0.25, -0.2) is 4.79 Å². The number of hydrogen-bond donors (Lipinski definition) is 2. The van der Waals surface area contributed by atoms with Crippen molar-refractivity contribution in [3.63, 3.8) is 0 Å². The Morgan fingerprint density at radius 1 is 1.39 bits per heavy atom. The zero-order chi connectivity index (χ0) is 13.3. The van der Waals surface area contributed by atoms with Crippen LogP contribution in [0.15, 0.2) is 12.2 Å². The fraction of sp³-hybridized carbons (Fsp3) is 0.786. The van der Waals surface area contributed by atoms with Crippen LogP contribution >= 0.6 is 0 Å². The molecule has 0 saturated heterocycles. The number of ether oxygens (including phenoxy) is 1. The van der Waals surface area contributed by atoms with Gasteiger partial charge < -0.3 is 15.2 Å². The van der Waals surface area contributed by atoms with Crippen molar-refractivity contribution in [3.05, 3.63) is 12.2 Å². The van der Waals surface area contributed by atoms with Crippen molar-refractivity contribution in [2.75, 3.05) is 26.3 Å². The number of carbonyl (C=O) groups is 1. The molecule has 0 spiro atoms. The summed E-state index contributed by atoms with van der Waals surface area (Å²) in [6.07, 6.45) is 9.11. The molecule has 18 heavy (non-hydrogen) atoms. The van der Waals surface area contributed by atoms with Gasteiger partial charge in [-0.2, -0.15) is 0 Å². The Kier molecular flexibility index (Phi) is 6.98. The summed E-state index contributed by atoms with van der Waals surface area (Å²) < 4.78 is 4.79. The third-order valence-corrected chi connectivity index (χ3v) is 3.55. The lowest BCUT2D eigenvalue weighted by atomic mass is 9.74. The number of hydrogen-bond acceptors (Lipinski definition) is 4. The molecular formula is C14H25NO3. The first kappa shape index (κ1) is 15.2. The molecule has 1 aliphatic carbocycles. The molecule has 1 saturated carbocycles. The largest absolute Gasteiger partial charge is 0.463 e. The highest BCUT2D eigenvalue weighted by Crippen LogP contribution is 2.35. The van der Waals surface area contributed by atoms with Gasteiger partial charge in [0.05, 0.1) is 6.61 Å². The zero-order valence-electron chi connectivity index (χ0n) is 11.3. The van der Waals surface area contributed by atoms with Gasteiger partial charge in [-0.3, -0.25) is 0 Å². The Morgan fingerprint density at radius 3 is 2.72 bits per heavy atom. The van der Waals surface area contributed by atoms with E-state index in [-0.39, 0.29) is 18.0 Å². The van der Waals surface area contributed by atoms with Gasteiger partial charge in [-0.15, -0.1) is 0 Å². The van der Waals surface area contributed by atoms with Crippen molar-refractivity contribution in [2.24, 2.45) is 5.41 Å². The molecule has 1 fully saturated rings. The maximum atomic E-state index is 11.1. The number of carbonyl (C=O) groups excluding carboxylic acids is 1. The lowest BCUT2D eigenvalue weighted by molar-refractivity contribution is -0.137. The molecule has 2 N–H and O–H groups in total. The molecule has 0 aromatic rings. The summed E-state index contributed by atoms with van der Waals surface area (Å²) in [7, 11) is 0. The Balaban J connectivity index is 2.21. The highest BCUT2D eigenvalue weighted by atomic mass is 16.5. The van der Waals surface area contributed by atoms with E-state index in [1.165, 1.54) is 25.3 Å². The van der Waals surface area contributed by atoms with Crippen LogP contribution in [0.4, 0.5) is 0 Å². The topological polar surface area (TPSA) is 58.6 Å². The van der Waals surface area contributed by atoms with Crippen molar-refractivity contribution >= 4 is 5.97 Å². The van der Waals surface area contributed by atoms with Crippen molar-refractivity contribution in [2.45, 2.75) is 39.0 Å². The van der Waals surface area contributed by atoms with Crippen LogP contribution in [0.2, 0.25) is 0 Å². The zero-order valence-corrected chi connectivity index (χ0v) is 11.3. The monoisotopic (exact) mass is 255 g/mol. The minimum atomic E-state index is -0.297. The fourth-order valence-corrected chi connectivity index (χ4v) is 2.46. The smallest absolute Gasteiger partial charge is 0.330 e. The van der Waals surface area contributed by atoms with Gasteiger partial charge in [0.1, 0.15) is 0 Å². The van der Waals surface area contributed by atoms with E-state index in [9.17, 15) is 9.90 Å². The first-order chi connectivity index (χ1) is 8.72. The highest BCUT2D eigenvalue weighted by molar-refractivity contribution is 5.81. The number of rotatable bonds is 7. The van der Waals surface area contributed by atoms with Gasteiger partial charge in [0.2, 0.25) is 0 Å². The van der Waals surface area contributed by atoms with Crippen LogP contribution < -0.4 is 5.32 Å². The molecule has 0 aromatic heterocycles. The van der Waals surface area contributed by atoms with Gasteiger partial charge in [0, 0.05) is 31.2 Å². The van der Waals surface area contributed by atoms with Crippen LogP contribution in [0.5, 0.6) is 0 Å². The standard InChI is InChI=1S/C14H25NO3/c1-2-18-13(17)7-6-10-15-11-14(12-16)8-4-3-5-9-14/h6-7,15-16H,2-5,8-12H2,1H3/b7-6+. The van der Waals surface area contributed by atoms with Crippen LogP contribution in [-0.4, -0.2) is 37.4 Å². The molecule has 0 aromatic carbocycles. The van der Waals surface area contributed by atoms with Crippen LogP contribution in [0.1, 0.15) is 39.0 Å². The SMILES string of the molecule is CCOC(=O)/C=C/CNCC1(CO)CCCCC1. The van der Waals surface area contributed by atoms with Crippen LogP contribution in [-0.2, 0) is 9.53 Å². The first-order valence-electron chi connectivity index (χ1n) is 6.87. The Labute approximate surface area is 109 Å². The Morgan fingerprint density at radius 2 is 2.11 bits per heavy atom. The minimum absolute atomic E-state index is 0.0516. The molecule has 104 valence electrons. The third-order valence-electron chi connectivity index (χ3n) is 3.55. The predicted molar refractivity (Wildman–Crippen MR) is 71.2 cm³/mol. The highest BCUT2D eigenvalue weighted by Gasteiger charge is 2.30. The number of esters is 1. The lowest BCUT2D eigenvalue weighted by Crippen LogP contribution is -2.39. The van der Waals surface area contributed by atoms with Crippen molar-refractivity contribution < 1.29 is 14.6 Å². The van der Waals surface area contributed by atoms with Gasteiger partial charge in [-0.1, -0.05) is 25.3 Å². The number of nitrogens with one attached hydrogen (secondary N) is 1. The molecule has 1 aliphatic rings. The molecule has 0 aliphatic heterocycles. The average molecular weight is 255 g/mol. The Bertz CT molecular complexity index is 270. The second-order valence-electron chi connectivity index (χ2n) is 5.00. The van der Waals surface area contributed by atoms with Gasteiger partial charge in [0.15, 0.2) is 0 Å². The molecule has 0 amide bonds. The van der Waals surface area contributed by atoms with E-state index < -0.39 is 0 Å². The normalized spacial score (nSPS) is 19.0. The summed E-state index contributed by atoms with van der Waals surface area (Å²) in [6.45, 7) is 3.90. The predicted octanol–water partition coefficient (Wildman–Crippen LogP) is 1.64. The molecule has 1 rings (SSSR count). The molecular weight excluding hydrogens is 230 g/mol. The second kappa shape index (κ2) is 8.27. The van der Waals surface area contributed by atoms with E-state index in [1.807, 2.05) is 0 Å².